The molecule has 0 spiro atoms. The Morgan fingerprint density at radius 1 is 1.50 bits per heavy atom. The average Bonchev–Trinajstić information content (AvgIpc) is 3.26. The molecule has 1 aromatic heterocycles. The Balaban J connectivity index is 0.00000243. The van der Waals surface area contributed by atoms with Crippen LogP contribution in [0.4, 0.5) is 5.69 Å². The largest absolute Gasteiger partial charge is 0.337 e. The van der Waals surface area contributed by atoms with Crippen LogP contribution in [-0.4, -0.2) is 56.7 Å². The van der Waals surface area contributed by atoms with Gasteiger partial charge >= 0.3 is 0 Å². The molecule has 0 aliphatic carbocycles. The summed E-state index contributed by atoms with van der Waals surface area (Å²) in [7, 11) is 3.49. The second kappa shape index (κ2) is 8.47. The van der Waals surface area contributed by atoms with Crippen molar-refractivity contribution in [2.75, 3.05) is 20.1 Å². The number of nitrogens with one attached hydrogen (secondary N) is 1. The zero-order chi connectivity index (χ0) is 18.0. The number of amides is 1. The van der Waals surface area contributed by atoms with E-state index in [9.17, 15) is 14.9 Å². The molecular weight excluding hydrogens is 380 g/mol. The van der Waals surface area contributed by atoms with Crippen LogP contribution in [0.2, 0.25) is 0 Å². The summed E-state index contributed by atoms with van der Waals surface area (Å²) in [5, 5.41) is 22.9. The number of hydrogen-bond donors (Lipinski definition) is 1. The molecule has 140 valence electrons. The van der Waals surface area contributed by atoms with Gasteiger partial charge in [-0.3, -0.25) is 14.9 Å². The van der Waals surface area contributed by atoms with Gasteiger partial charge in [-0.05, 0) is 36.9 Å². The van der Waals surface area contributed by atoms with Gasteiger partial charge in [-0.15, -0.1) is 22.6 Å². The van der Waals surface area contributed by atoms with Crippen molar-refractivity contribution in [3.05, 3.63) is 40.2 Å². The number of aryl methyl sites for hydroxylation is 1. The van der Waals surface area contributed by atoms with Gasteiger partial charge in [0, 0.05) is 38.3 Å². The lowest BCUT2D eigenvalue weighted by atomic mass is 10.1. The lowest BCUT2D eigenvalue weighted by Gasteiger charge is -2.23. The fraction of sp³-hybridized carbons (Fsp3) is 0.400. The molecule has 1 atom stereocenters. The molecule has 1 saturated heterocycles. The number of carbonyl (C=O) groups is 1. The van der Waals surface area contributed by atoms with Crippen LogP contribution in [0.25, 0.3) is 0 Å². The SMILES string of the molecule is CN(C(=O)c1ccc(Sc2nncn2C)c([N+](=O)[O-])c1)C1CCNC1.Cl. The first-order valence-corrected chi connectivity index (χ1v) is 8.57. The molecule has 0 saturated carbocycles. The molecule has 1 aliphatic heterocycles. The standard InChI is InChI=1S/C15H18N6O3S.ClH/c1-19-9-17-18-15(19)25-13-4-3-10(7-12(13)21(23)24)14(22)20(2)11-5-6-16-8-11;/h3-4,7,9,11,16H,5-6,8H2,1-2H3;1H. The molecular formula is C15H19ClN6O3S. The highest BCUT2D eigenvalue weighted by molar-refractivity contribution is 7.99. The lowest BCUT2D eigenvalue weighted by Crippen LogP contribution is -2.38. The van der Waals surface area contributed by atoms with Crippen molar-refractivity contribution in [2.24, 2.45) is 7.05 Å². The zero-order valence-corrected chi connectivity index (χ0v) is 15.9. The Hall–Kier alpha value is -2.17. The number of rotatable bonds is 5. The van der Waals surface area contributed by atoms with Crippen molar-refractivity contribution in [3.8, 4) is 0 Å². The predicted octanol–water partition coefficient (Wildman–Crippen LogP) is 1.73. The van der Waals surface area contributed by atoms with E-state index in [-0.39, 0.29) is 30.0 Å². The van der Waals surface area contributed by atoms with Gasteiger partial charge in [0.05, 0.1) is 9.82 Å². The Morgan fingerprint density at radius 2 is 2.27 bits per heavy atom. The third-order valence-corrected chi connectivity index (χ3v) is 5.29. The molecule has 2 heterocycles. The summed E-state index contributed by atoms with van der Waals surface area (Å²) in [6.45, 7) is 1.61. The van der Waals surface area contributed by atoms with E-state index in [0.717, 1.165) is 31.3 Å². The lowest BCUT2D eigenvalue weighted by molar-refractivity contribution is -0.387. The fourth-order valence-electron chi connectivity index (χ4n) is 2.68. The van der Waals surface area contributed by atoms with E-state index in [0.29, 0.717) is 15.6 Å². The van der Waals surface area contributed by atoms with Crippen LogP contribution in [-0.2, 0) is 7.05 Å². The molecule has 3 rings (SSSR count). The van der Waals surface area contributed by atoms with E-state index in [1.54, 1.807) is 35.7 Å². The number of likely N-dealkylation sites (N-methyl/N-ethyl adjacent to an activating group) is 1. The summed E-state index contributed by atoms with van der Waals surface area (Å²) in [6.07, 6.45) is 2.40. The van der Waals surface area contributed by atoms with E-state index < -0.39 is 4.92 Å². The number of benzene rings is 1. The van der Waals surface area contributed by atoms with Crippen LogP contribution >= 0.6 is 24.2 Å². The second-order valence-electron chi connectivity index (χ2n) is 5.83. The molecule has 9 nitrogen and oxygen atoms in total. The molecule has 0 radical (unpaired) electrons. The average molecular weight is 399 g/mol. The second-order valence-corrected chi connectivity index (χ2v) is 6.84. The molecule has 1 amide bonds. The quantitative estimate of drug-likeness (QED) is 0.603. The van der Waals surface area contributed by atoms with Gasteiger partial charge in [0.1, 0.15) is 6.33 Å². The summed E-state index contributed by atoms with van der Waals surface area (Å²) in [4.78, 5) is 25.7. The van der Waals surface area contributed by atoms with E-state index >= 15 is 0 Å². The predicted molar refractivity (Wildman–Crippen MR) is 98.8 cm³/mol. The van der Waals surface area contributed by atoms with Crippen LogP contribution < -0.4 is 5.32 Å². The third-order valence-electron chi connectivity index (χ3n) is 4.18. The summed E-state index contributed by atoms with van der Waals surface area (Å²) in [5.74, 6) is -0.216. The van der Waals surface area contributed by atoms with E-state index in [4.69, 9.17) is 0 Å². The van der Waals surface area contributed by atoms with Crippen LogP contribution in [0, 0.1) is 10.1 Å². The molecule has 11 heteroatoms. The normalized spacial score (nSPS) is 16.2. The highest BCUT2D eigenvalue weighted by Crippen LogP contribution is 2.34. The highest BCUT2D eigenvalue weighted by atomic mass is 35.5. The number of carbonyl (C=O) groups excluding carboxylic acids is 1. The summed E-state index contributed by atoms with van der Waals surface area (Å²) in [6, 6.07) is 4.65. The minimum absolute atomic E-state index is 0. The third kappa shape index (κ3) is 4.14. The van der Waals surface area contributed by atoms with E-state index in [2.05, 4.69) is 15.5 Å². The topological polar surface area (TPSA) is 106 Å². The van der Waals surface area contributed by atoms with Gasteiger partial charge in [0.25, 0.3) is 11.6 Å². The number of nitro groups is 1. The van der Waals surface area contributed by atoms with Gasteiger partial charge in [0.2, 0.25) is 0 Å². The number of halogens is 1. The van der Waals surface area contributed by atoms with Crippen LogP contribution in [0.3, 0.4) is 0 Å². The van der Waals surface area contributed by atoms with Crippen molar-refractivity contribution >= 4 is 35.8 Å². The van der Waals surface area contributed by atoms with E-state index in [1.807, 2.05) is 0 Å². The Morgan fingerprint density at radius 3 is 2.85 bits per heavy atom. The maximum Gasteiger partial charge on any atom is 0.284 e. The van der Waals surface area contributed by atoms with Crippen LogP contribution in [0.5, 0.6) is 0 Å². The summed E-state index contributed by atoms with van der Waals surface area (Å²) >= 11 is 1.14. The Kier molecular flexibility index (Phi) is 6.57. The molecule has 26 heavy (non-hydrogen) atoms. The first-order valence-electron chi connectivity index (χ1n) is 7.75. The van der Waals surface area contributed by atoms with Crippen molar-refractivity contribution < 1.29 is 9.72 Å². The van der Waals surface area contributed by atoms with Crippen LogP contribution in [0.1, 0.15) is 16.8 Å². The van der Waals surface area contributed by atoms with Gasteiger partial charge in [0.15, 0.2) is 5.16 Å². The maximum atomic E-state index is 12.6. The zero-order valence-electron chi connectivity index (χ0n) is 14.3. The van der Waals surface area contributed by atoms with Gasteiger partial charge in [-0.25, -0.2) is 0 Å². The van der Waals surface area contributed by atoms with Crippen molar-refractivity contribution in [3.63, 3.8) is 0 Å². The van der Waals surface area contributed by atoms with Gasteiger partial charge in [-0.1, -0.05) is 0 Å². The Labute approximate surface area is 160 Å². The van der Waals surface area contributed by atoms with Gasteiger partial charge in [-0.2, -0.15) is 0 Å². The maximum absolute atomic E-state index is 12.6. The van der Waals surface area contributed by atoms with Gasteiger partial charge < -0.3 is 14.8 Å². The fourth-order valence-corrected chi connectivity index (χ4v) is 3.53. The summed E-state index contributed by atoms with van der Waals surface area (Å²) in [5.41, 5.74) is 0.195. The number of hydrogen-bond acceptors (Lipinski definition) is 7. The first kappa shape index (κ1) is 20.1. The Bertz CT molecular complexity index is 808. The highest BCUT2D eigenvalue weighted by Gasteiger charge is 2.26. The first-order chi connectivity index (χ1) is 12.0. The molecule has 1 aromatic carbocycles. The number of aromatic nitrogens is 3. The van der Waals surface area contributed by atoms with Crippen LogP contribution in [0.15, 0.2) is 34.6 Å². The van der Waals surface area contributed by atoms with Crippen molar-refractivity contribution in [1.82, 2.24) is 25.0 Å². The van der Waals surface area contributed by atoms with Crippen molar-refractivity contribution in [2.45, 2.75) is 22.5 Å². The number of nitro benzene ring substituents is 1. The molecule has 1 N–H and O–H groups in total. The van der Waals surface area contributed by atoms with E-state index in [1.165, 1.54) is 12.4 Å². The van der Waals surface area contributed by atoms with Crippen molar-refractivity contribution in [1.29, 1.82) is 0 Å². The molecule has 1 aliphatic rings. The minimum atomic E-state index is -0.480. The molecule has 1 unspecified atom stereocenters. The minimum Gasteiger partial charge on any atom is -0.337 e. The molecule has 2 aromatic rings. The monoisotopic (exact) mass is 398 g/mol. The number of nitrogens with zero attached hydrogens (tertiary/aromatic N) is 5. The molecule has 1 fully saturated rings. The summed E-state index contributed by atoms with van der Waals surface area (Å²) < 4.78 is 1.67. The molecule has 0 bridgehead atoms. The smallest absolute Gasteiger partial charge is 0.284 e.